The summed E-state index contributed by atoms with van der Waals surface area (Å²) in [5, 5.41) is 15.4. The molecule has 0 radical (unpaired) electrons. The fraction of sp³-hybridized carbons (Fsp3) is 0.0909. The van der Waals surface area contributed by atoms with Gasteiger partial charge in [-0.15, -0.1) is 0 Å². The lowest BCUT2D eigenvalue weighted by Crippen LogP contribution is -2.00. The molecule has 0 fully saturated rings. The molecular weight excluding hydrogens is 192 g/mol. The third-order valence-electron chi connectivity index (χ3n) is 2.16. The first-order chi connectivity index (χ1) is 7.27. The molecule has 4 heteroatoms. The van der Waals surface area contributed by atoms with Crippen LogP contribution in [0, 0.1) is 0 Å². The molecule has 0 amide bonds. The number of rotatable bonds is 3. The van der Waals surface area contributed by atoms with E-state index in [4.69, 9.17) is 5.11 Å². The van der Waals surface area contributed by atoms with E-state index in [-0.39, 0.29) is 5.56 Å². The molecule has 0 aliphatic carbocycles. The molecule has 2 aromatic rings. The number of carboxylic acid groups (broad SMARTS) is 1. The van der Waals surface area contributed by atoms with E-state index in [1.54, 1.807) is 0 Å². The van der Waals surface area contributed by atoms with Gasteiger partial charge >= 0.3 is 5.97 Å². The molecule has 1 heterocycles. The summed E-state index contributed by atoms with van der Waals surface area (Å²) in [5.41, 5.74) is 1.85. The van der Waals surface area contributed by atoms with Crippen LogP contribution in [-0.4, -0.2) is 21.3 Å². The van der Waals surface area contributed by atoms with Crippen molar-refractivity contribution in [3.63, 3.8) is 0 Å². The molecule has 1 aromatic heterocycles. The first-order valence-electron chi connectivity index (χ1n) is 4.57. The number of aromatic amines is 1. The minimum Gasteiger partial charge on any atom is -0.478 e. The van der Waals surface area contributed by atoms with Gasteiger partial charge < -0.3 is 5.11 Å². The van der Waals surface area contributed by atoms with Crippen molar-refractivity contribution in [2.45, 2.75) is 6.42 Å². The van der Waals surface area contributed by atoms with Gasteiger partial charge in [-0.1, -0.05) is 30.3 Å². The molecule has 0 saturated carbocycles. The molecule has 2 N–H and O–H groups in total. The highest BCUT2D eigenvalue weighted by molar-refractivity contribution is 5.88. The van der Waals surface area contributed by atoms with E-state index in [9.17, 15) is 4.79 Å². The van der Waals surface area contributed by atoms with E-state index in [1.807, 2.05) is 30.3 Å². The molecule has 0 unspecified atom stereocenters. The summed E-state index contributed by atoms with van der Waals surface area (Å²) >= 11 is 0. The summed E-state index contributed by atoms with van der Waals surface area (Å²) in [6.07, 6.45) is 1.94. The van der Waals surface area contributed by atoms with Crippen molar-refractivity contribution in [1.82, 2.24) is 10.2 Å². The minimum absolute atomic E-state index is 0.235. The Morgan fingerprint density at radius 2 is 2.07 bits per heavy atom. The van der Waals surface area contributed by atoms with Crippen molar-refractivity contribution >= 4 is 5.97 Å². The SMILES string of the molecule is O=C(O)c1c[nH]nc1Cc1ccccc1. The van der Waals surface area contributed by atoms with Crippen molar-refractivity contribution in [3.05, 3.63) is 53.3 Å². The van der Waals surface area contributed by atoms with E-state index in [2.05, 4.69) is 10.2 Å². The number of benzene rings is 1. The maximum atomic E-state index is 10.8. The number of nitrogens with one attached hydrogen (secondary N) is 1. The predicted molar refractivity (Wildman–Crippen MR) is 54.8 cm³/mol. The van der Waals surface area contributed by atoms with Gasteiger partial charge in [-0.2, -0.15) is 5.10 Å². The number of H-pyrrole nitrogens is 1. The maximum absolute atomic E-state index is 10.8. The van der Waals surface area contributed by atoms with Gasteiger partial charge in [0.1, 0.15) is 5.56 Å². The molecular formula is C11H10N2O2. The van der Waals surface area contributed by atoms with Gasteiger partial charge in [-0.05, 0) is 5.56 Å². The van der Waals surface area contributed by atoms with Gasteiger partial charge in [0.15, 0.2) is 0 Å². The van der Waals surface area contributed by atoms with Crippen molar-refractivity contribution in [1.29, 1.82) is 0 Å². The molecule has 0 saturated heterocycles. The Bertz CT molecular complexity index is 462. The Balaban J connectivity index is 2.25. The largest absolute Gasteiger partial charge is 0.478 e. The van der Waals surface area contributed by atoms with Crippen LogP contribution >= 0.6 is 0 Å². The first-order valence-corrected chi connectivity index (χ1v) is 4.57. The predicted octanol–water partition coefficient (Wildman–Crippen LogP) is 1.70. The van der Waals surface area contributed by atoms with Gasteiger partial charge in [-0.25, -0.2) is 4.79 Å². The third kappa shape index (κ3) is 2.04. The summed E-state index contributed by atoms with van der Waals surface area (Å²) in [7, 11) is 0. The molecule has 0 atom stereocenters. The zero-order valence-electron chi connectivity index (χ0n) is 7.97. The maximum Gasteiger partial charge on any atom is 0.339 e. The van der Waals surface area contributed by atoms with Crippen LogP contribution < -0.4 is 0 Å². The average molecular weight is 202 g/mol. The van der Waals surface area contributed by atoms with Crippen LogP contribution in [0.4, 0.5) is 0 Å². The molecule has 0 bridgehead atoms. The Hall–Kier alpha value is -2.10. The van der Waals surface area contributed by atoms with E-state index in [0.717, 1.165) is 5.56 Å². The Kier molecular flexibility index (Phi) is 2.49. The standard InChI is InChI=1S/C11H10N2O2/c14-11(15)9-7-12-13-10(9)6-8-4-2-1-3-5-8/h1-5,7H,6H2,(H,12,13)(H,14,15). The lowest BCUT2D eigenvalue weighted by atomic mass is 10.1. The van der Waals surface area contributed by atoms with Crippen LogP contribution in [-0.2, 0) is 6.42 Å². The van der Waals surface area contributed by atoms with E-state index in [1.165, 1.54) is 6.20 Å². The number of hydrogen-bond donors (Lipinski definition) is 2. The number of aromatic carboxylic acids is 1. The molecule has 76 valence electrons. The van der Waals surface area contributed by atoms with Gasteiger partial charge in [0.25, 0.3) is 0 Å². The van der Waals surface area contributed by atoms with Crippen LogP contribution in [0.1, 0.15) is 21.6 Å². The van der Waals surface area contributed by atoms with E-state index < -0.39 is 5.97 Å². The van der Waals surface area contributed by atoms with E-state index in [0.29, 0.717) is 12.1 Å². The highest BCUT2D eigenvalue weighted by atomic mass is 16.4. The number of hydrogen-bond acceptors (Lipinski definition) is 2. The van der Waals surface area contributed by atoms with Gasteiger partial charge in [0.2, 0.25) is 0 Å². The first kappa shape index (κ1) is 9.45. The summed E-state index contributed by atoms with van der Waals surface area (Å²) in [4.78, 5) is 10.8. The highest BCUT2D eigenvalue weighted by Crippen LogP contribution is 2.11. The van der Waals surface area contributed by atoms with Crippen LogP contribution in [0.5, 0.6) is 0 Å². The Morgan fingerprint density at radius 1 is 1.33 bits per heavy atom. The van der Waals surface area contributed by atoms with Crippen molar-refractivity contribution in [3.8, 4) is 0 Å². The molecule has 1 aromatic carbocycles. The number of aromatic nitrogens is 2. The summed E-state index contributed by atoms with van der Waals surface area (Å²) in [6, 6.07) is 9.65. The molecule has 2 rings (SSSR count). The van der Waals surface area contributed by atoms with E-state index >= 15 is 0 Å². The second kappa shape index (κ2) is 3.96. The highest BCUT2D eigenvalue weighted by Gasteiger charge is 2.12. The summed E-state index contributed by atoms with van der Waals surface area (Å²) in [6.45, 7) is 0. The third-order valence-corrected chi connectivity index (χ3v) is 2.16. The van der Waals surface area contributed by atoms with Crippen molar-refractivity contribution < 1.29 is 9.90 Å². The molecule has 0 aliphatic rings. The molecule has 15 heavy (non-hydrogen) atoms. The fourth-order valence-electron chi connectivity index (χ4n) is 1.43. The number of carbonyl (C=O) groups is 1. The second-order valence-electron chi connectivity index (χ2n) is 3.21. The molecule has 4 nitrogen and oxygen atoms in total. The Morgan fingerprint density at radius 3 is 2.73 bits per heavy atom. The lowest BCUT2D eigenvalue weighted by Gasteiger charge is -1.98. The average Bonchev–Trinajstić information content (AvgIpc) is 2.67. The van der Waals surface area contributed by atoms with Crippen LogP contribution in [0.25, 0.3) is 0 Å². The fourth-order valence-corrected chi connectivity index (χ4v) is 1.43. The number of nitrogens with zero attached hydrogens (tertiary/aromatic N) is 1. The molecule has 0 spiro atoms. The topological polar surface area (TPSA) is 66.0 Å². The van der Waals surface area contributed by atoms with Gasteiger partial charge in [-0.3, -0.25) is 5.10 Å². The smallest absolute Gasteiger partial charge is 0.339 e. The minimum atomic E-state index is -0.949. The quantitative estimate of drug-likeness (QED) is 0.796. The zero-order chi connectivity index (χ0) is 10.7. The van der Waals surface area contributed by atoms with Gasteiger partial charge in [0, 0.05) is 12.6 Å². The Labute approximate surface area is 86.6 Å². The van der Waals surface area contributed by atoms with Crippen LogP contribution in [0.3, 0.4) is 0 Å². The normalized spacial score (nSPS) is 10.1. The van der Waals surface area contributed by atoms with Crippen molar-refractivity contribution in [2.24, 2.45) is 0 Å². The zero-order valence-corrected chi connectivity index (χ0v) is 7.97. The second-order valence-corrected chi connectivity index (χ2v) is 3.21. The van der Waals surface area contributed by atoms with Crippen molar-refractivity contribution in [2.75, 3.05) is 0 Å². The number of carboxylic acids is 1. The summed E-state index contributed by atoms with van der Waals surface area (Å²) in [5.74, 6) is -0.949. The van der Waals surface area contributed by atoms with Crippen LogP contribution in [0.15, 0.2) is 36.5 Å². The van der Waals surface area contributed by atoms with Crippen LogP contribution in [0.2, 0.25) is 0 Å². The van der Waals surface area contributed by atoms with Gasteiger partial charge in [0.05, 0.1) is 5.69 Å². The molecule has 0 aliphatic heterocycles. The summed E-state index contributed by atoms with van der Waals surface area (Å²) < 4.78 is 0. The lowest BCUT2D eigenvalue weighted by molar-refractivity contribution is 0.0696. The monoisotopic (exact) mass is 202 g/mol.